The maximum Gasteiger partial charge on any atom is 0.410 e. The zero-order chi connectivity index (χ0) is 36.9. The van der Waals surface area contributed by atoms with Gasteiger partial charge in [0.2, 0.25) is 0 Å². The molecule has 1 aliphatic carbocycles. The van der Waals surface area contributed by atoms with Crippen molar-refractivity contribution in [2.45, 2.75) is 110 Å². The number of nitriles is 1. The van der Waals surface area contributed by atoms with E-state index in [4.69, 9.17) is 13.9 Å². The molecule has 2 fully saturated rings. The molecule has 14 heteroatoms. The smallest absolute Gasteiger partial charge is 0.410 e. The van der Waals surface area contributed by atoms with Crippen molar-refractivity contribution < 1.29 is 23.1 Å². The predicted octanol–water partition coefficient (Wildman–Crippen LogP) is 7.80. The van der Waals surface area contributed by atoms with E-state index in [1.807, 2.05) is 49.5 Å². The van der Waals surface area contributed by atoms with Crippen LogP contribution in [-0.2, 0) is 9.16 Å². The third-order valence-corrected chi connectivity index (χ3v) is 15.3. The first-order valence-corrected chi connectivity index (χ1v) is 20.5. The highest BCUT2D eigenvalue weighted by molar-refractivity contribution is 6.74. The van der Waals surface area contributed by atoms with Crippen molar-refractivity contribution in [1.29, 1.82) is 5.26 Å². The number of piperidine rings is 1. The average Bonchev–Trinajstić information content (AvgIpc) is 3.64. The summed E-state index contributed by atoms with van der Waals surface area (Å²) in [7, 11) is -2.19. The van der Waals surface area contributed by atoms with Crippen LogP contribution in [0, 0.1) is 29.5 Å². The van der Waals surface area contributed by atoms with Gasteiger partial charge in [-0.3, -0.25) is 4.98 Å². The number of pyridine rings is 2. The molecule has 1 atom stereocenters. The number of hydrogen-bond acceptors (Lipinski definition) is 9. The molecule has 1 amide bonds. The Balaban J connectivity index is 1.25. The lowest BCUT2D eigenvalue weighted by Gasteiger charge is -2.52. The minimum absolute atomic E-state index is 0.0404. The van der Waals surface area contributed by atoms with Crippen molar-refractivity contribution in [2.24, 2.45) is 5.41 Å². The van der Waals surface area contributed by atoms with E-state index in [2.05, 4.69) is 60.3 Å². The maximum atomic E-state index is 13.9. The summed E-state index contributed by atoms with van der Waals surface area (Å²) in [6.45, 7) is 20.1. The van der Waals surface area contributed by atoms with Crippen molar-refractivity contribution in [3.8, 4) is 23.1 Å². The Kier molecular flexibility index (Phi) is 9.52. The van der Waals surface area contributed by atoms with Crippen molar-refractivity contribution >= 4 is 19.9 Å². The van der Waals surface area contributed by atoms with Gasteiger partial charge in [-0.2, -0.15) is 10.4 Å². The van der Waals surface area contributed by atoms with Crippen LogP contribution in [0.25, 0.3) is 16.8 Å². The first-order valence-electron chi connectivity index (χ1n) is 17.6. The van der Waals surface area contributed by atoms with Gasteiger partial charge in [-0.1, -0.05) is 26.0 Å². The first kappa shape index (κ1) is 36.4. The summed E-state index contributed by atoms with van der Waals surface area (Å²) in [6, 6.07) is 7.24. The normalized spacial score (nSPS) is 17.3. The summed E-state index contributed by atoms with van der Waals surface area (Å²) in [5.41, 5.74) is 3.36. The van der Waals surface area contributed by atoms with Gasteiger partial charge in [-0.05, 0) is 95.1 Å². The third-order valence-electron chi connectivity index (χ3n) is 10.8. The Bertz CT molecular complexity index is 1940. The van der Waals surface area contributed by atoms with Gasteiger partial charge in [-0.25, -0.2) is 18.4 Å². The molecule has 6 rings (SSSR count). The number of carbonyl (C=O) groups is 1. The second kappa shape index (κ2) is 13.3. The van der Waals surface area contributed by atoms with Gasteiger partial charge in [0.05, 0.1) is 36.4 Å². The monoisotopic (exact) mass is 716 g/mol. The lowest BCUT2D eigenvalue weighted by Crippen LogP contribution is -2.50. The standard InChI is InChI=1S/C37H49FN8O4Si/c1-24-32(42-43-46(24)28-17-37(18-28)12-14-44(15-13-37)34(47)50-35(2,3)4)25-16-30(33-26(19-39)20-41-45(33)22-25)49-31(29-11-10-27(38)21-40-29)23-48-51(8,9)36(5,6)7/h10-11,16,20-22,28,31H,12-15,17-18,23H2,1-9H3. The number of carbonyl (C=O) groups excluding carboxylic acids is 1. The van der Waals surface area contributed by atoms with Gasteiger partial charge in [0.15, 0.2) is 14.4 Å². The van der Waals surface area contributed by atoms with Crippen molar-refractivity contribution in [3.05, 3.63) is 59.6 Å². The Morgan fingerprint density at radius 3 is 2.45 bits per heavy atom. The number of likely N-dealkylation sites (tertiary alicyclic amines) is 1. The average molecular weight is 717 g/mol. The van der Waals surface area contributed by atoms with E-state index >= 15 is 0 Å². The predicted molar refractivity (Wildman–Crippen MR) is 192 cm³/mol. The Morgan fingerprint density at radius 1 is 1.14 bits per heavy atom. The summed E-state index contributed by atoms with van der Waals surface area (Å²) in [5, 5.41) is 23.6. The van der Waals surface area contributed by atoms with Crippen LogP contribution >= 0.6 is 0 Å². The largest absolute Gasteiger partial charge is 0.479 e. The van der Waals surface area contributed by atoms with E-state index in [0.717, 1.165) is 36.9 Å². The van der Waals surface area contributed by atoms with Crippen molar-refractivity contribution in [2.75, 3.05) is 19.7 Å². The fraction of sp³-hybridized carbons (Fsp3) is 0.568. The molecule has 0 bridgehead atoms. The van der Waals surface area contributed by atoms with Gasteiger partial charge >= 0.3 is 6.09 Å². The van der Waals surface area contributed by atoms with Crippen LogP contribution in [0.3, 0.4) is 0 Å². The molecule has 12 nitrogen and oxygen atoms in total. The number of hydrogen-bond donors (Lipinski definition) is 0. The van der Waals surface area contributed by atoms with Crippen LogP contribution in [0.1, 0.15) is 96.3 Å². The Hall–Kier alpha value is -4.35. The minimum Gasteiger partial charge on any atom is -0.479 e. The molecule has 272 valence electrons. The number of ether oxygens (including phenoxy) is 2. The molecule has 1 saturated heterocycles. The fourth-order valence-electron chi connectivity index (χ4n) is 6.76. The van der Waals surface area contributed by atoms with E-state index in [-0.39, 0.29) is 29.2 Å². The summed E-state index contributed by atoms with van der Waals surface area (Å²) >= 11 is 0. The number of fused-ring (bicyclic) bond motifs is 1. The van der Waals surface area contributed by atoms with Crippen LogP contribution in [0.15, 0.2) is 36.8 Å². The molecule has 2 aliphatic rings. The number of rotatable bonds is 8. The van der Waals surface area contributed by atoms with E-state index < -0.39 is 25.8 Å². The zero-order valence-electron chi connectivity index (χ0n) is 31.2. The maximum absolute atomic E-state index is 13.9. The molecular weight excluding hydrogens is 668 g/mol. The molecule has 0 N–H and O–H groups in total. The highest BCUT2D eigenvalue weighted by Crippen LogP contribution is 2.55. The zero-order valence-corrected chi connectivity index (χ0v) is 32.2. The number of aromatic nitrogens is 6. The lowest BCUT2D eigenvalue weighted by atomic mass is 9.60. The Morgan fingerprint density at radius 2 is 1.84 bits per heavy atom. The van der Waals surface area contributed by atoms with Gasteiger partial charge in [-0.15, -0.1) is 5.10 Å². The van der Waals surface area contributed by atoms with Crippen LogP contribution in [-0.4, -0.2) is 74.2 Å². The Labute approximate surface area is 300 Å². The van der Waals surface area contributed by atoms with E-state index in [1.165, 1.54) is 18.5 Å². The molecule has 5 heterocycles. The van der Waals surface area contributed by atoms with Crippen LogP contribution in [0.4, 0.5) is 9.18 Å². The van der Waals surface area contributed by atoms with Gasteiger partial charge in [0.25, 0.3) is 0 Å². The molecule has 0 aromatic carbocycles. The summed E-state index contributed by atoms with van der Waals surface area (Å²) < 4.78 is 36.4. The molecule has 1 saturated carbocycles. The summed E-state index contributed by atoms with van der Waals surface area (Å²) in [6.07, 6.45) is 7.38. The second-order valence-corrected chi connectivity index (χ2v) is 21.4. The van der Waals surface area contributed by atoms with Crippen LogP contribution in [0.2, 0.25) is 18.1 Å². The molecule has 1 spiro atoms. The first-order chi connectivity index (χ1) is 23.9. The molecule has 51 heavy (non-hydrogen) atoms. The topological polar surface area (TPSA) is 133 Å². The molecule has 4 aromatic rings. The lowest BCUT2D eigenvalue weighted by molar-refractivity contribution is -0.0265. The second-order valence-electron chi connectivity index (χ2n) is 16.6. The fourth-order valence-corrected chi connectivity index (χ4v) is 7.76. The van der Waals surface area contributed by atoms with Gasteiger partial charge in [0, 0.05) is 24.8 Å². The van der Waals surface area contributed by atoms with Crippen LogP contribution < -0.4 is 4.74 Å². The molecule has 1 aliphatic heterocycles. The van der Waals surface area contributed by atoms with E-state index in [0.29, 0.717) is 41.3 Å². The third kappa shape index (κ3) is 7.50. The molecule has 0 radical (unpaired) electrons. The minimum atomic E-state index is -2.19. The molecule has 1 unspecified atom stereocenters. The van der Waals surface area contributed by atoms with E-state index in [9.17, 15) is 14.4 Å². The number of amides is 1. The number of nitrogens with zero attached hydrogens (tertiary/aromatic N) is 8. The molecule has 4 aromatic heterocycles. The summed E-state index contributed by atoms with van der Waals surface area (Å²) in [5.74, 6) is -0.0400. The summed E-state index contributed by atoms with van der Waals surface area (Å²) in [4.78, 5) is 18.8. The van der Waals surface area contributed by atoms with Crippen molar-refractivity contribution in [3.63, 3.8) is 0 Å². The van der Waals surface area contributed by atoms with Crippen molar-refractivity contribution in [1.82, 2.24) is 34.5 Å². The quantitative estimate of drug-likeness (QED) is 0.168. The number of halogens is 1. The van der Waals surface area contributed by atoms with Gasteiger partial charge in [0.1, 0.15) is 40.0 Å². The molecular formula is C37H49FN8O4Si. The van der Waals surface area contributed by atoms with Crippen LogP contribution in [0.5, 0.6) is 5.75 Å². The van der Waals surface area contributed by atoms with Gasteiger partial charge < -0.3 is 18.8 Å². The van der Waals surface area contributed by atoms with E-state index in [1.54, 1.807) is 10.6 Å². The highest BCUT2D eigenvalue weighted by Gasteiger charge is 2.48. The highest BCUT2D eigenvalue weighted by atomic mass is 28.4. The SMILES string of the molecule is Cc1c(-c2cc(OC(CO[Si](C)(C)C(C)(C)C)c3ccc(F)cn3)c3c(C#N)cnn3c2)nnn1C1CC2(CCN(C(=O)OC(C)(C)C)CC2)C1.